The largest absolute Gasteiger partial charge is 2.00 e. The minimum Gasteiger partial charge on any atom is -1.00 e. The van der Waals surface area contributed by atoms with E-state index in [1.807, 2.05) is 0 Å². The Labute approximate surface area is 338 Å². The average Bonchev–Trinajstić information content (AvgIpc) is 3.84. The van der Waals surface area contributed by atoms with E-state index < -0.39 is 0 Å². The first-order valence-electron chi connectivity index (χ1n) is 15.6. The molecule has 0 aromatic heterocycles. The Morgan fingerprint density at radius 3 is 0.604 bits per heavy atom. The van der Waals surface area contributed by atoms with Crippen molar-refractivity contribution in [3.05, 3.63) is 166 Å². The molecule has 0 radical (unpaired) electrons. The molecule has 0 unspecified atom stereocenters. The third-order valence-electron chi connectivity index (χ3n) is 9.00. The number of benzene rings is 4. The maximum atomic E-state index is 2.18. The van der Waals surface area contributed by atoms with E-state index in [-0.39, 0.29) is 77.2 Å². The zero-order chi connectivity index (χ0) is 31.4. The monoisotopic (exact) mass is 822 g/mol. The summed E-state index contributed by atoms with van der Waals surface area (Å²) in [5.41, 5.74) is 11.0. The van der Waals surface area contributed by atoms with Gasteiger partial charge in [0.05, 0.1) is 0 Å². The van der Waals surface area contributed by atoms with E-state index in [1.165, 1.54) is 87.6 Å². The van der Waals surface area contributed by atoms with Gasteiger partial charge in [-0.1, -0.05) is 74.2 Å². The standard InChI is InChI=1S/4C11H11.2ClH.2Zr/c4*1-8-6-7-9(2)11-5-3-4-10(8)11;;;;/h4*3-7H,1-2H3;2*1H;;/q4*-1;;;2*+2/p-2. The number of aryl methyl sites for hydroxylation is 8. The van der Waals surface area contributed by atoms with Crippen LogP contribution in [0.25, 0.3) is 43.1 Å². The molecule has 0 aliphatic rings. The fourth-order valence-corrected chi connectivity index (χ4v) is 6.15. The normalized spacial score (nSPS) is 9.83. The summed E-state index contributed by atoms with van der Waals surface area (Å²) >= 11 is 0. The first-order chi connectivity index (χ1) is 21.2. The van der Waals surface area contributed by atoms with Crippen LogP contribution in [0.4, 0.5) is 0 Å². The number of fused-ring (bicyclic) bond motifs is 4. The van der Waals surface area contributed by atoms with Crippen LogP contribution in [0.1, 0.15) is 44.5 Å². The summed E-state index contributed by atoms with van der Waals surface area (Å²) in [5, 5.41) is 11.1. The van der Waals surface area contributed by atoms with Gasteiger partial charge in [0.15, 0.2) is 0 Å². The molecule has 8 aromatic rings. The molecule has 0 heterocycles. The van der Waals surface area contributed by atoms with Crippen molar-refractivity contribution in [1.29, 1.82) is 0 Å². The van der Waals surface area contributed by atoms with Gasteiger partial charge in [-0.2, -0.15) is 48.5 Å². The number of hydrogen-bond acceptors (Lipinski definition) is 0. The van der Waals surface area contributed by atoms with Gasteiger partial charge in [-0.05, 0) is 27.7 Å². The van der Waals surface area contributed by atoms with Crippen molar-refractivity contribution < 1.29 is 77.2 Å². The molecular formula is C44H44Cl2Zr2-2. The smallest absolute Gasteiger partial charge is 1.00 e. The zero-order valence-corrected chi connectivity index (χ0v) is 35.7. The van der Waals surface area contributed by atoms with Gasteiger partial charge in [-0.15, -0.1) is 114 Å². The van der Waals surface area contributed by atoms with E-state index in [1.54, 1.807) is 0 Å². The minimum atomic E-state index is 0. The van der Waals surface area contributed by atoms with Crippen LogP contribution >= 0.6 is 0 Å². The van der Waals surface area contributed by atoms with Crippen LogP contribution in [0.5, 0.6) is 0 Å². The van der Waals surface area contributed by atoms with Crippen molar-refractivity contribution in [3.8, 4) is 0 Å². The van der Waals surface area contributed by atoms with Gasteiger partial charge in [0.25, 0.3) is 0 Å². The van der Waals surface area contributed by atoms with Crippen molar-refractivity contribution in [2.45, 2.75) is 55.4 Å². The molecule has 0 amide bonds. The number of rotatable bonds is 0. The Hall–Kier alpha value is -2.33. The Morgan fingerprint density at radius 1 is 0.271 bits per heavy atom. The van der Waals surface area contributed by atoms with Gasteiger partial charge in [0.1, 0.15) is 0 Å². The van der Waals surface area contributed by atoms with Crippen molar-refractivity contribution in [2.24, 2.45) is 0 Å². The number of hydrogen-bond donors (Lipinski definition) is 0. The topological polar surface area (TPSA) is 0 Å². The van der Waals surface area contributed by atoms with Gasteiger partial charge in [0.2, 0.25) is 0 Å². The summed E-state index contributed by atoms with van der Waals surface area (Å²) in [6.45, 7) is 17.2. The fourth-order valence-electron chi connectivity index (χ4n) is 6.15. The molecular weight excluding hydrogens is 782 g/mol. The van der Waals surface area contributed by atoms with Crippen LogP contribution in [0, 0.1) is 55.4 Å². The second kappa shape index (κ2) is 19.8. The van der Waals surface area contributed by atoms with Crippen LogP contribution in [-0.2, 0) is 52.4 Å². The van der Waals surface area contributed by atoms with Crippen LogP contribution in [0.3, 0.4) is 0 Å². The summed E-state index contributed by atoms with van der Waals surface area (Å²) in [6.07, 6.45) is 0. The zero-order valence-electron chi connectivity index (χ0n) is 29.3. The molecule has 0 saturated carbocycles. The fraction of sp³-hybridized carbons (Fsp3) is 0.182. The molecule has 48 heavy (non-hydrogen) atoms. The van der Waals surface area contributed by atoms with Gasteiger partial charge in [-0.3, -0.25) is 0 Å². The van der Waals surface area contributed by atoms with Crippen LogP contribution in [-0.4, -0.2) is 0 Å². The van der Waals surface area contributed by atoms with Gasteiger partial charge < -0.3 is 24.8 Å². The summed E-state index contributed by atoms with van der Waals surface area (Å²) in [6, 6.07) is 43.3. The van der Waals surface area contributed by atoms with Crippen LogP contribution < -0.4 is 24.8 Å². The molecule has 4 heteroatoms. The third kappa shape index (κ3) is 9.89. The first kappa shape index (κ1) is 43.7. The second-order valence-electron chi connectivity index (χ2n) is 12.2. The Balaban J connectivity index is 0.000000311. The van der Waals surface area contributed by atoms with Crippen LogP contribution in [0.15, 0.2) is 121 Å². The van der Waals surface area contributed by atoms with Crippen LogP contribution in [0.2, 0.25) is 0 Å². The molecule has 244 valence electrons. The summed E-state index contributed by atoms with van der Waals surface area (Å²) < 4.78 is 0. The van der Waals surface area contributed by atoms with E-state index in [0.717, 1.165) is 0 Å². The summed E-state index contributed by atoms with van der Waals surface area (Å²) in [4.78, 5) is 0. The number of halogens is 2. The SMILES string of the molecule is Cc1ccc(C)c2[cH-]ccc12.Cc1ccc(C)c2[cH-]ccc12.Cc1ccc(C)c2[cH-]ccc12.Cc1ccc(C)c2[cH-]ccc12.[Cl-].[Cl-].[Zr+2].[Zr+2]. The molecule has 0 nitrogen and oxygen atoms in total. The Bertz CT molecular complexity index is 1710. The molecule has 0 N–H and O–H groups in total. The molecule has 0 spiro atoms. The van der Waals surface area contributed by atoms with Gasteiger partial charge >= 0.3 is 52.4 Å². The molecule has 0 aliphatic heterocycles. The van der Waals surface area contributed by atoms with Gasteiger partial charge in [0, 0.05) is 0 Å². The van der Waals surface area contributed by atoms with E-state index in [9.17, 15) is 0 Å². The average molecular weight is 826 g/mol. The third-order valence-corrected chi connectivity index (χ3v) is 9.00. The predicted molar refractivity (Wildman–Crippen MR) is 196 cm³/mol. The molecule has 0 saturated heterocycles. The molecule has 8 aromatic carbocycles. The van der Waals surface area contributed by atoms with Gasteiger partial charge in [-0.25, -0.2) is 0 Å². The first-order valence-corrected chi connectivity index (χ1v) is 15.6. The quantitative estimate of drug-likeness (QED) is 0.150. The van der Waals surface area contributed by atoms with Crippen molar-refractivity contribution in [2.75, 3.05) is 0 Å². The maximum Gasteiger partial charge on any atom is 2.00 e. The Morgan fingerprint density at radius 2 is 0.438 bits per heavy atom. The summed E-state index contributed by atoms with van der Waals surface area (Å²) in [5.74, 6) is 0. The van der Waals surface area contributed by atoms with Crippen molar-refractivity contribution in [3.63, 3.8) is 0 Å². The molecule has 8 rings (SSSR count). The van der Waals surface area contributed by atoms with Crippen molar-refractivity contribution >= 4 is 43.1 Å². The van der Waals surface area contributed by atoms with E-state index >= 15 is 0 Å². The summed E-state index contributed by atoms with van der Waals surface area (Å²) in [7, 11) is 0. The molecule has 0 aliphatic carbocycles. The second-order valence-corrected chi connectivity index (χ2v) is 12.2. The van der Waals surface area contributed by atoms with Crippen molar-refractivity contribution in [1.82, 2.24) is 0 Å². The maximum absolute atomic E-state index is 2.18. The predicted octanol–water partition coefficient (Wildman–Crippen LogP) is 6.71. The van der Waals surface area contributed by atoms with E-state index in [4.69, 9.17) is 0 Å². The van der Waals surface area contributed by atoms with E-state index in [2.05, 4.69) is 177 Å². The Kier molecular flexibility index (Phi) is 18.0. The minimum absolute atomic E-state index is 0. The molecule has 0 fully saturated rings. The molecule has 0 bridgehead atoms. The van der Waals surface area contributed by atoms with E-state index in [0.29, 0.717) is 0 Å². The molecule has 0 atom stereocenters.